The minimum Gasteiger partial charge on any atom is -0.492 e. The number of benzene rings is 1. The summed E-state index contributed by atoms with van der Waals surface area (Å²) in [5.41, 5.74) is 1.13. The molecule has 0 saturated heterocycles. The molecule has 1 aromatic heterocycles. The average Bonchev–Trinajstić information content (AvgIpc) is 2.41. The number of nitrogens with zero attached hydrogens (tertiary/aromatic N) is 2. The molecule has 4 heteroatoms. The van der Waals surface area contributed by atoms with E-state index in [1.807, 2.05) is 18.2 Å². The molecule has 0 N–H and O–H groups in total. The van der Waals surface area contributed by atoms with Gasteiger partial charge in [-0.1, -0.05) is 19.1 Å². The van der Waals surface area contributed by atoms with E-state index in [4.69, 9.17) is 4.74 Å². The third-order valence-electron chi connectivity index (χ3n) is 2.66. The Morgan fingerprint density at radius 3 is 2.94 bits per heavy atom. The van der Waals surface area contributed by atoms with Crippen LogP contribution in [0.5, 0.6) is 5.75 Å². The van der Waals surface area contributed by atoms with E-state index in [0.717, 1.165) is 12.2 Å². The van der Waals surface area contributed by atoms with Crippen LogP contribution in [0.4, 0.5) is 0 Å². The number of rotatable bonds is 5. The highest BCUT2D eigenvalue weighted by Gasteiger charge is 1.98. The zero-order chi connectivity index (χ0) is 12.8. The second-order valence-electron chi connectivity index (χ2n) is 3.93. The first-order chi connectivity index (χ1) is 8.79. The van der Waals surface area contributed by atoms with Crippen molar-refractivity contribution in [3.63, 3.8) is 0 Å². The van der Waals surface area contributed by atoms with E-state index in [1.165, 1.54) is 16.3 Å². The number of ether oxygens (including phenoxy) is 1. The van der Waals surface area contributed by atoms with E-state index in [2.05, 4.69) is 18.1 Å². The van der Waals surface area contributed by atoms with Crippen LogP contribution in [0.15, 0.2) is 47.4 Å². The molecule has 0 unspecified atom stereocenters. The molecule has 0 spiro atoms. The number of hydrogen-bond acceptors (Lipinski definition) is 3. The number of aryl methyl sites for hydroxylation is 1. The SMILES string of the molecule is CCc1cccc(OCCn2ncccc2=O)c1. The largest absolute Gasteiger partial charge is 0.492 e. The predicted octanol–water partition coefficient (Wildman–Crippen LogP) is 1.88. The lowest BCUT2D eigenvalue weighted by atomic mass is 10.2. The van der Waals surface area contributed by atoms with Gasteiger partial charge in [-0.15, -0.1) is 0 Å². The summed E-state index contributed by atoms with van der Waals surface area (Å²) in [6.07, 6.45) is 2.58. The molecule has 0 amide bonds. The van der Waals surface area contributed by atoms with Gasteiger partial charge in [0.25, 0.3) is 5.56 Å². The third kappa shape index (κ3) is 3.20. The van der Waals surface area contributed by atoms with Gasteiger partial charge < -0.3 is 4.74 Å². The van der Waals surface area contributed by atoms with Gasteiger partial charge in [-0.05, 0) is 30.2 Å². The summed E-state index contributed by atoms with van der Waals surface area (Å²) < 4.78 is 7.00. The summed E-state index contributed by atoms with van der Waals surface area (Å²) in [5, 5.41) is 3.97. The van der Waals surface area contributed by atoms with Crippen LogP contribution in [0.3, 0.4) is 0 Å². The van der Waals surface area contributed by atoms with Crippen LogP contribution in [-0.4, -0.2) is 16.4 Å². The molecule has 0 aliphatic rings. The van der Waals surface area contributed by atoms with Crippen molar-refractivity contribution in [2.45, 2.75) is 19.9 Å². The first-order valence-electron chi connectivity index (χ1n) is 6.03. The summed E-state index contributed by atoms with van der Waals surface area (Å²) in [5.74, 6) is 0.832. The van der Waals surface area contributed by atoms with Crippen molar-refractivity contribution in [3.05, 3.63) is 58.5 Å². The Morgan fingerprint density at radius 1 is 1.28 bits per heavy atom. The zero-order valence-electron chi connectivity index (χ0n) is 10.4. The maximum atomic E-state index is 11.4. The first-order valence-corrected chi connectivity index (χ1v) is 6.03. The Labute approximate surface area is 106 Å². The van der Waals surface area contributed by atoms with Crippen LogP contribution in [0.25, 0.3) is 0 Å². The summed E-state index contributed by atoms with van der Waals surface area (Å²) in [6, 6.07) is 11.1. The average molecular weight is 244 g/mol. The van der Waals surface area contributed by atoms with Gasteiger partial charge in [0.15, 0.2) is 0 Å². The molecule has 94 valence electrons. The topological polar surface area (TPSA) is 44.1 Å². The summed E-state index contributed by atoms with van der Waals surface area (Å²) in [7, 11) is 0. The van der Waals surface area contributed by atoms with E-state index in [9.17, 15) is 4.79 Å². The molecule has 18 heavy (non-hydrogen) atoms. The molecular weight excluding hydrogens is 228 g/mol. The van der Waals surface area contributed by atoms with Crippen LogP contribution in [-0.2, 0) is 13.0 Å². The minimum atomic E-state index is -0.108. The smallest absolute Gasteiger partial charge is 0.266 e. The standard InChI is InChI=1S/C14H16N2O2/c1-2-12-5-3-6-13(11-12)18-10-9-16-14(17)7-4-8-15-16/h3-8,11H,2,9-10H2,1H3. The normalized spacial score (nSPS) is 10.3. The summed E-state index contributed by atoms with van der Waals surface area (Å²) in [6.45, 7) is 2.99. The lowest BCUT2D eigenvalue weighted by Crippen LogP contribution is -2.24. The Kier molecular flexibility index (Phi) is 4.12. The van der Waals surface area contributed by atoms with Crippen molar-refractivity contribution < 1.29 is 4.74 Å². The first kappa shape index (κ1) is 12.4. The second kappa shape index (κ2) is 6.00. The Bertz CT molecular complexity index is 563. The van der Waals surface area contributed by atoms with Crippen molar-refractivity contribution in [2.75, 3.05) is 6.61 Å². The Morgan fingerprint density at radius 2 is 2.17 bits per heavy atom. The molecule has 1 heterocycles. The van der Waals surface area contributed by atoms with E-state index in [-0.39, 0.29) is 5.56 Å². The van der Waals surface area contributed by atoms with Crippen molar-refractivity contribution in [1.29, 1.82) is 0 Å². The third-order valence-corrected chi connectivity index (χ3v) is 2.66. The van der Waals surface area contributed by atoms with E-state index >= 15 is 0 Å². The van der Waals surface area contributed by atoms with Gasteiger partial charge >= 0.3 is 0 Å². The highest BCUT2D eigenvalue weighted by atomic mass is 16.5. The summed E-state index contributed by atoms with van der Waals surface area (Å²) in [4.78, 5) is 11.4. The van der Waals surface area contributed by atoms with Crippen molar-refractivity contribution >= 4 is 0 Å². The predicted molar refractivity (Wildman–Crippen MR) is 69.8 cm³/mol. The van der Waals surface area contributed by atoms with Crippen LogP contribution >= 0.6 is 0 Å². The quantitative estimate of drug-likeness (QED) is 0.806. The zero-order valence-corrected chi connectivity index (χ0v) is 10.4. The fraction of sp³-hybridized carbons (Fsp3) is 0.286. The van der Waals surface area contributed by atoms with Crippen molar-refractivity contribution in [1.82, 2.24) is 9.78 Å². The van der Waals surface area contributed by atoms with E-state index < -0.39 is 0 Å². The molecule has 0 atom stereocenters. The van der Waals surface area contributed by atoms with Crippen LogP contribution in [0, 0.1) is 0 Å². The van der Waals surface area contributed by atoms with Gasteiger partial charge in [-0.2, -0.15) is 5.10 Å². The fourth-order valence-electron chi connectivity index (χ4n) is 1.66. The van der Waals surface area contributed by atoms with Gasteiger partial charge in [0.05, 0.1) is 6.54 Å². The maximum absolute atomic E-state index is 11.4. The monoisotopic (exact) mass is 244 g/mol. The minimum absolute atomic E-state index is 0.108. The molecule has 2 rings (SSSR count). The summed E-state index contributed by atoms with van der Waals surface area (Å²) >= 11 is 0. The van der Waals surface area contributed by atoms with Gasteiger partial charge in [-0.3, -0.25) is 4.79 Å². The Balaban J connectivity index is 1.92. The van der Waals surface area contributed by atoms with Crippen molar-refractivity contribution in [2.24, 2.45) is 0 Å². The number of hydrogen-bond donors (Lipinski definition) is 0. The van der Waals surface area contributed by atoms with E-state index in [0.29, 0.717) is 13.2 Å². The van der Waals surface area contributed by atoms with Crippen molar-refractivity contribution in [3.8, 4) is 5.75 Å². The molecule has 0 radical (unpaired) electrons. The fourth-order valence-corrected chi connectivity index (χ4v) is 1.66. The molecule has 0 fully saturated rings. The Hall–Kier alpha value is -2.10. The molecule has 4 nitrogen and oxygen atoms in total. The highest BCUT2D eigenvalue weighted by Crippen LogP contribution is 2.13. The van der Waals surface area contributed by atoms with Crippen LogP contribution < -0.4 is 10.3 Å². The van der Waals surface area contributed by atoms with E-state index in [1.54, 1.807) is 12.3 Å². The lowest BCUT2D eigenvalue weighted by molar-refractivity contribution is 0.287. The molecule has 2 aromatic rings. The molecule has 1 aromatic carbocycles. The van der Waals surface area contributed by atoms with Gasteiger partial charge in [0.1, 0.15) is 12.4 Å². The maximum Gasteiger partial charge on any atom is 0.266 e. The number of aromatic nitrogens is 2. The second-order valence-corrected chi connectivity index (χ2v) is 3.93. The van der Waals surface area contributed by atoms with Gasteiger partial charge in [0, 0.05) is 12.3 Å². The molecule has 0 saturated carbocycles. The molecular formula is C14H16N2O2. The molecule has 0 aliphatic carbocycles. The van der Waals surface area contributed by atoms with Crippen LogP contribution in [0.2, 0.25) is 0 Å². The lowest BCUT2D eigenvalue weighted by Gasteiger charge is -2.08. The van der Waals surface area contributed by atoms with Gasteiger partial charge in [0.2, 0.25) is 0 Å². The van der Waals surface area contributed by atoms with Crippen LogP contribution in [0.1, 0.15) is 12.5 Å². The highest BCUT2D eigenvalue weighted by molar-refractivity contribution is 5.28. The molecule has 0 aliphatic heterocycles. The molecule has 0 bridgehead atoms. The van der Waals surface area contributed by atoms with Gasteiger partial charge in [-0.25, -0.2) is 4.68 Å².